The van der Waals surface area contributed by atoms with Crippen LogP contribution < -0.4 is 5.32 Å². The minimum atomic E-state index is -0.314. The lowest BCUT2D eigenvalue weighted by molar-refractivity contribution is -0.130. The second kappa shape index (κ2) is 7.07. The van der Waals surface area contributed by atoms with Gasteiger partial charge in [0.05, 0.1) is 12.1 Å². The van der Waals surface area contributed by atoms with Crippen molar-refractivity contribution in [2.75, 3.05) is 11.9 Å². The van der Waals surface area contributed by atoms with E-state index >= 15 is 0 Å². The number of nitrogens with zero attached hydrogens (tertiary/aromatic N) is 1. The van der Waals surface area contributed by atoms with Gasteiger partial charge >= 0.3 is 0 Å². The van der Waals surface area contributed by atoms with E-state index in [2.05, 4.69) is 44.3 Å². The molecule has 0 spiro atoms. The molecule has 2 aliphatic rings. The summed E-state index contributed by atoms with van der Waals surface area (Å²) in [6.07, 6.45) is 2.07. The van der Waals surface area contributed by atoms with Gasteiger partial charge in [-0.25, -0.2) is 4.39 Å². The van der Waals surface area contributed by atoms with E-state index in [9.17, 15) is 9.18 Å². The molecule has 2 aromatic rings. The van der Waals surface area contributed by atoms with Crippen molar-refractivity contribution < 1.29 is 9.18 Å². The number of likely N-dealkylation sites (tertiary alicyclic amines) is 1. The van der Waals surface area contributed by atoms with Crippen LogP contribution in [0, 0.1) is 5.82 Å². The number of nitrogens with one attached hydrogen (secondary N) is 1. The summed E-state index contributed by atoms with van der Waals surface area (Å²) in [4.78, 5) is 14.5. The summed E-state index contributed by atoms with van der Waals surface area (Å²) >= 11 is 6.35. The highest BCUT2D eigenvalue weighted by Crippen LogP contribution is 2.46. The van der Waals surface area contributed by atoms with Gasteiger partial charge in [0.1, 0.15) is 5.82 Å². The molecule has 0 bridgehead atoms. The molecule has 28 heavy (non-hydrogen) atoms. The Kier molecular flexibility index (Phi) is 4.86. The van der Waals surface area contributed by atoms with Crippen LogP contribution in [0.1, 0.15) is 68.8 Å². The second-order valence-electron chi connectivity index (χ2n) is 8.83. The number of carbonyl (C=O) groups is 1. The SMILES string of the molecule is CC(C)(C)c1ccc2c(c1)C(N1CCCC1=O)CC(c1c(F)cccc1Cl)N2. The lowest BCUT2D eigenvalue weighted by atomic mass is 9.82. The van der Waals surface area contributed by atoms with Gasteiger partial charge in [-0.3, -0.25) is 4.79 Å². The van der Waals surface area contributed by atoms with Crippen LogP contribution in [0.15, 0.2) is 36.4 Å². The number of halogens is 2. The molecule has 1 saturated heterocycles. The summed E-state index contributed by atoms with van der Waals surface area (Å²) in [5.74, 6) is -0.136. The van der Waals surface area contributed by atoms with E-state index < -0.39 is 0 Å². The van der Waals surface area contributed by atoms with E-state index in [0.29, 0.717) is 23.4 Å². The van der Waals surface area contributed by atoms with Crippen molar-refractivity contribution in [1.29, 1.82) is 0 Å². The fourth-order valence-electron chi connectivity index (χ4n) is 4.36. The number of hydrogen-bond acceptors (Lipinski definition) is 2. The Morgan fingerprint density at radius 1 is 1.21 bits per heavy atom. The maximum Gasteiger partial charge on any atom is 0.223 e. The Labute approximate surface area is 170 Å². The number of amides is 1. The summed E-state index contributed by atoms with van der Waals surface area (Å²) in [5.41, 5.74) is 3.79. The molecule has 2 heterocycles. The Morgan fingerprint density at radius 2 is 2.00 bits per heavy atom. The molecule has 4 rings (SSSR count). The molecule has 1 N–H and O–H groups in total. The second-order valence-corrected chi connectivity index (χ2v) is 9.23. The zero-order chi connectivity index (χ0) is 20.1. The van der Waals surface area contributed by atoms with Gasteiger partial charge < -0.3 is 10.2 Å². The van der Waals surface area contributed by atoms with Gasteiger partial charge in [-0.1, -0.05) is 50.6 Å². The first-order valence-electron chi connectivity index (χ1n) is 9.90. The highest BCUT2D eigenvalue weighted by atomic mass is 35.5. The van der Waals surface area contributed by atoms with Crippen molar-refractivity contribution in [2.45, 2.75) is 57.5 Å². The Hall–Kier alpha value is -2.07. The fraction of sp³-hybridized carbons (Fsp3) is 0.435. The zero-order valence-electron chi connectivity index (χ0n) is 16.6. The van der Waals surface area contributed by atoms with Crippen LogP contribution in [0.4, 0.5) is 10.1 Å². The quantitative estimate of drug-likeness (QED) is 0.670. The van der Waals surface area contributed by atoms with E-state index in [4.69, 9.17) is 11.6 Å². The molecular formula is C23H26ClFN2O. The number of anilines is 1. The Bertz CT molecular complexity index is 901. The first-order valence-corrected chi connectivity index (χ1v) is 10.3. The van der Waals surface area contributed by atoms with E-state index in [-0.39, 0.29) is 29.2 Å². The molecule has 0 aliphatic carbocycles. The highest BCUT2D eigenvalue weighted by molar-refractivity contribution is 6.31. The van der Waals surface area contributed by atoms with Crippen LogP contribution in [-0.4, -0.2) is 17.4 Å². The number of benzene rings is 2. The molecule has 0 radical (unpaired) electrons. The summed E-state index contributed by atoms with van der Waals surface area (Å²) < 4.78 is 14.6. The lowest BCUT2D eigenvalue weighted by Crippen LogP contribution is -2.36. The van der Waals surface area contributed by atoms with Crippen LogP contribution in [0.5, 0.6) is 0 Å². The predicted molar refractivity (Wildman–Crippen MR) is 111 cm³/mol. The van der Waals surface area contributed by atoms with Crippen molar-refractivity contribution in [3.8, 4) is 0 Å². The first kappa shape index (κ1) is 19.3. The van der Waals surface area contributed by atoms with Gasteiger partial charge in [-0.15, -0.1) is 0 Å². The van der Waals surface area contributed by atoms with Crippen molar-refractivity contribution in [2.24, 2.45) is 0 Å². The van der Waals surface area contributed by atoms with E-state index in [1.807, 2.05) is 4.90 Å². The average molecular weight is 401 g/mol. The van der Waals surface area contributed by atoms with Gasteiger partial charge in [0, 0.05) is 29.2 Å². The minimum absolute atomic E-state index is 0.0142. The zero-order valence-corrected chi connectivity index (χ0v) is 17.3. The molecule has 148 valence electrons. The van der Waals surface area contributed by atoms with Crippen molar-refractivity contribution in [3.63, 3.8) is 0 Å². The summed E-state index contributed by atoms with van der Waals surface area (Å²) in [5, 5.41) is 3.89. The summed E-state index contributed by atoms with van der Waals surface area (Å²) in [7, 11) is 0. The molecule has 5 heteroatoms. The average Bonchev–Trinajstić information content (AvgIpc) is 3.05. The first-order chi connectivity index (χ1) is 13.3. The molecule has 2 atom stereocenters. The maximum absolute atomic E-state index is 14.6. The van der Waals surface area contributed by atoms with Crippen LogP contribution >= 0.6 is 11.6 Å². The topological polar surface area (TPSA) is 32.3 Å². The minimum Gasteiger partial charge on any atom is -0.378 e. The van der Waals surface area contributed by atoms with Crippen molar-refractivity contribution in [3.05, 3.63) is 63.9 Å². The molecule has 0 saturated carbocycles. The van der Waals surface area contributed by atoms with Gasteiger partial charge in [0.25, 0.3) is 0 Å². The van der Waals surface area contributed by atoms with Gasteiger partial charge in [-0.05, 0) is 47.6 Å². The van der Waals surface area contributed by atoms with Crippen molar-refractivity contribution in [1.82, 2.24) is 4.90 Å². The molecule has 1 fully saturated rings. The smallest absolute Gasteiger partial charge is 0.223 e. The van der Waals surface area contributed by atoms with Crippen LogP contribution in [0.3, 0.4) is 0 Å². The van der Waals surface area contributed by atoms with Gasteiger partial charge in [0.15, 0.2) is 0 Å². The summed E-state index contributed by atoms with van der Waals surface area (Å²) in [6.45, 7) is 7.30. The van der Waals surface area contributed by atoms with Gasteiger partial charge in [-0.2, -0.15) is 0 Å². The predicted octanol–water partition coefficient (Wildman–Crippen LogP) is 6.00. The lowest BCUT2D eigenvalue weighted by Gasteiger charge is -2.39. The van der Waals surface area contributed by atoms with Gasteiger partial charge in [0.2, 0.25) is 5.91 Å². The van der Waals surface area contributed by atoms with Crippen LogP contribution in [0.2, 0.25) is 5.02 Å². The maximum atomic E-state index is 14.6. The standard InChI is InChI=1S/C23H26ClFN2O/c1-23(2,3)14-9-10-18-15(12-14)20(27-11-5-8-21(27)28)13-19(26-18)22-16(24)6-4-7-17(22)25/h4,6-7,9-10,12,19-20,26H,5,8,11,13H2,1-3H3. The number of rotatable bonds is 2. The summed E-state index contributed by atoms with van der Waals surface area (Å²) in [6, 6.07) is 10.8. The Balaban J connectivity index is 1.80. The molecule has 2 unspecified atom stereocenters. The van der Waals surface area contributed by atoms with E-state index in [1.165, 1.54) is 11.6 Å². The molecule has 3 nitrogen and oxygen atoms in total. The third kappa shape index (κ3) is 3.39. The third-order valence-corrected chi connectivity index (χ3v) is 6.23. The monoisotopic (exact) mass is 400 g/mol. The van der Waals surface area contributed by atoms with E-state index in [1.54, 1.807) is 12.1 Å². The molecular weight excluding hydrogens is 375 g/mol. The number of fused-ring (bicyclic) bond motifs is 1. The Morgan fingerprint density at radius 3 is 2.64 bits per heavy atom. The molecule has 0 aromatic heterocycles. The highest BCUT2D eigenvalue weighted by Gasteiger charge is 2.37. The number of hydrogen-bond donors (Lipinski definition) is 1. The largest absolute Gasteiger partial charge is 0.378 e. The molecule has 2 aliphatic heterocycles. The fourth-order valence-corrected chi connectivity index (χ4v) is 4.66. The van der Waals surface area contributed by atoms with Crippen molar-refractivity contribution >= 4 is 23.2 Å². The third-order valence-electron chi connectivity index (χ3n) is 5.90. The van der Waals surface area contributed by atoms with E-state index in [0.717, 1.165) is 24.2 Å². The van der Waals surface area contributed by atoms with Crippen LogP contribution in [0.25, 0.3) is 0 Å². The van der Waals surface area contributed by atoms with Crippen LogP contribution in [-0.2, 0) is 10.2 Å². The molecule has 1 amide bonds. The molecule has 2 aromatic carbocycles. The number of carbonyl (C=O) groups excluding carboxylic acids is 1. The normalized spacial score (nSPS) is 22.2.